The number of carbonyl (C=O) groups excluding carboxylic acids is 1. The zero-order valence-corrected chi connectivity index (χ0v) is 14.1. The van der Waals surface area contributed by atoms with Crippen molar-refractivity contribution in [1.29, 1.82) is 0 Å². The molecule has 2 aliphatic rings. The molecule has 0 amide bonds. The van der Waals surface area contributed by atoms with Gasteiger partial charge in [0.15, 0.2) is 5.78 Å². The molecule has 7 nitrogen and oxygen atoms in total. The lowest BCUT2D eigenvalue weighted by Crippen LogP contribution is -2.36. The summed E-state index contributed by atoms with van der Waals surface area (Å²) in [4.78, 5) is 23.2. The Balaban J connectivity index is 1.72. The van der Waals surface area contributed by atoms with Crippen molar-refractivity contribution in [3.05, 3.63) is 65.7 Å². The van der Waals surface area contributed by atoms with E-state index < -0.39 is 0 Å². The van der Waals surface area contributed by atoms with Crippen LogP contribution < -0.4 is 10.1 Å². The minimum atomic E-state index is -0.135. The number of aromatic nitrogens is 1. The number of pyridine rings is 1. The summed E-state index contributed by atoms with van der Waals surface area (Å²) in [6.45, 7) is 1.49. The van der Waals surface area contributed by atoms with Crippen molar-refractivity contribution in [2.24, 2.45) is 4.99 Å². The second-order valence-electron chi connectivity index (χ2n) is 5.87. The first-order valence-corrected chi connectivity index (χ1v) is 8.40. The highest BCUT2D eigenvalue weighted by Gasteiger charge is 2.31. The summed E-state index contributed by atoms with van der Waals surface area (Å²) in [7, 11) is 0. The number of amidine groups is 1. The number of aliphatic hydroxyl groups is 1. The fraction of sp³-hybridized carbons (Fsp3) is 0.211. The number of aliphatic hydroxyl groups excluding tert-OH is 1. The van der Waals surface area contributed by atoms with E-state index in [1.165, 1.54) is 0 Å². The Labute approximate surface area is 150 Å². The van der Waals surface area contributed by atoms with E-state index in [2.05, 4.69) is 15.3 Å². The summed E-state index contributed by atoms with van der Waals surface area (Å²) in [5.74, 6) is 1.95. The van der Waals surface area contributed by atoms with Gasteiger partial charge in [0.1, 0.15) is 24.0 Å². The lowest BCUT2D eigenvalue weighted by molar-refractivity contribution is 0.104. The predicted molar refractivity (Wildman–Crippen MR) is 97.4 cm³/mol. The van der Waals surface area contributed by atoms with Crippen LogP contribution in [0.3, 0.4) is 0 Å². The monoisotopic (exact) mass is 350 g/mol. The third-order valence-corrected chi connectivity index (χ3v) is 4.21. The highest BCUT2D eigenvalue weighted by molar-refractivity contribution is 6.11. The van der Waals surface area contributed by atoms with E-state index in [0.29, 0.717) is 30.2 Å². The Bertz CT molecular complexity index is 893. The SMILES string of the molecule is O=C(/C=C1\Nc2c(OCCO)cccc2C2=NCCN21)c1cccnc1. The van der Waals surface area contributed by atoms with E-state index in [1.807, 2.05) is 23.1 Å². The Morgan fingerprint density at radius 1 is 1.35 bits per heavy atom. The molecular weight excluding hydrogens is 332 g/mol. The van der Waals surface area contributed by atoms with E-state index in [1.54, 1.807) is 30.6 Å². The van der Waals surface area contributed by atoms with Crippen molar-refractivity contribution in [1.82, 2.24) is 9.88 Å². The second kappa shape index (κ2) is 6.97. The van der Waals surface area contributed by atoms with Crippen LogP contribution in [0.4, 0.5) is 5.69 Å². The van der Waals surface area contributed by atoms with Gasteiger partial charge in [-0.15, -0.1) is 0 Å². The number of rotatable bonds is 5. The summed E-state index contributed by atoms with van der Waals surface area (Å²) in [6.07, 6.45) is 4.74. The first-order chi connectivity index (χ1) is 12.8. The average Bonchev–Trinajstić information content (AvgIpc) is 3.17. The van der Waals surface area contributed by atoms with Gasteiger partial charge in [-0.2, -0.15) is 0 Å². The second-order valence-corrected chi connectivity index (χ2v) is 5.87. The molecule has 0 radical (unpaired) electrons. The molecule has 2 N–H and O–H groups in total. The Morgan fingerprint density at radius 3 is 3.08 bits per heavy atom. The highest BCUT2D eigenvalue weighted by Crippen LogP contribution is 2.36. The van der Waals surface area contributed by atoms with Gasteiger partial charge in [0.25, 0.3) is 0 Å². The van der Waals surface area contributed by atoms with Gasteiger partial charge in [0.2, 0.25) is 0 Å². The number of nitrogens with one attached hydrogen (secondary N) is 1. The number of anilines is 1. The van der Waals surface area contributed by atoms with Gasteiger partial charge in [-0.3, -0.25) is 14.8 Å². The van der Waals surface area contributed by atoms with Gasteiger partial charge < -0.3 is 20.1 Å². The predicted octanol–water partition coefficient (Wildman–Crippen LogP) is 1.66. The number of hydrogen-bond donors (Lipinski definition) is 2. The van der Waals surface area contributed by atoms with Crippen LogP contribution >= 0.6 is 0 Å². The number of nitrogens with zero attached hydrogens (tertiary/aromatic N) is 3. The fourth-order valence-electron chi connectivity index (χ4n) is 3.06. The highest BCUT2D eigenvalue weighted by atomic mass is 16.5. The number of allylic oxidation sites excluding steroid dienone is 1. The maximum absolute atomic E-state index is 12.6. The zero-order chi connectivity index (χ0) is 17.9. The first-order valence-electron chi connectivity index (χ1n) is 8.40. The van der Waals surface area contributed by atoms with Gasteiger partial charge in [-0.25, -0.2) is 0 Å². The molecular formula is C19H18N4O3. The van der Waals surface area contributed by atoms with Crippen LogP contribution in [0.25, 0.3) is 0 Å². The summed E-state index contributed by atoms with van der Waals surface area (Å²) < 4.78 is 5.63. The molecule has 1 aromatic heterocycles. The molecule has 1 aromatic carbocycles. The summed E-state index contributed by atoms with van der Waals surface area (Å²) in [6, 6.07) is 9.15. The van der Waals surface area contributed by atoms with E-state index in [0.717, 1.165) is 17.1 Å². The number of carbonyl (C=O) groups is 1. The number of benzene rings is 1. The van der Waals surface area contributed by atoms with E-state index in [9.17, 15) is 4.79 Å². The number of hydrogen-bond acceptors (Lipinski definition) is 7. The van der Waals surface area contributed by atoms with E-state index in [4.69, 9.17) is 9.84 Å². The van der Waals surface area contributed by atoms with Crippen LogP contribution in [0.5, 0.6) is 5.75 Å². The van der Waals surface area contributed by atoms with Crippen molar-refractivity contribution in [3.63, 3.8) is 0 Å². The van der Waals surface area contributed by atoms with Crippen molar-refractivity contribution in [2.45, 2.75) is 0 Å². The number of aliphatic imine (C=N–C) groups is 1. The fourth-order valence-corrected chi connectivity index (χ4v) is 3.06. The maximum Gasteiger partial charge on any atom is 0.191 e. The minimum absolute atomic E-state index is 0.0705. The van der Waals surface area contributed by atoms with Crippen LogP contribution in [0.1, 0.15) is 15.9 Å². The molecule has 7 heteroatoms. The molecule has 26 heavy (non-hydrogen) atoms. The van der Waals surface area contributed by atoms with E-state index in [-0.39, 0.29) is 19.0 Å². The molecule has 0 atom stereocenters. The molecule has 0 saturated heterocycles. The van der Waals surface area contributed by atoms with Crippen LogP contribution in [-0.4, -0.2) is 52.9 Å². The summed E-state index contributed by atoms with van der Waals surface area (Å²) in [5.41, 5.74) is 2.20. The van der Waals surface area contributed by atoms with Crippen LogP contribution in [0.15, 0.2) is 59.6 Å². The van der Waals surface area contributed by atoms with Crippen molar-refractivity contribution in [2.75, 3.05) is 31.6 Å². The van der Waals surface area contributed by atoms with E-state index >= 15 is 0 Å². The third kappa shape index (κ3) is 2.93. The Hall–Kier alpha value is -3.19. The van der Waals surface area contributed by atoms with Crippen molar-refractivity contribution in [3.8, 4) is 5.75 Å². The summed E-state index contributed by atoms with van der Waals surface area (Å²) >= 11 is 0. The minimum Gasteiger partial charge on any atom is -0.489 e. The molecule has 2 aliphatic heterocycles. The Morgan fingerprint density at radius 2 is 2.27 bits per heavy atom. The Kier molecular flexibility index (Phi) is 4.37. The first kappa shape index (κ1) is 16.3. The molecule has 4 rings (SSSR count). The number of para-hydroxylation sites is 1. The van der Waals surface area contributed by atoms with Crippen LogP contribution in [0.2, 0.25) is 0 Å². The lowest BCUT2D eigenvalue weighted by Gasteiger charge is -2.32. The quantitative estimate of drug-likeness (QED) is 0.630. The third-order valence-electron chi connectivity index (χ3n) is 4.21. The lowest BCUT2D eigenvalue weighted by atomic mass is 10.1. The van der Waals surface area contributed by atoms with Crippen LogP contribution in [0, 0.1) is 0 Å². The molecule has 0 bridgehead atoms. The largest absolute Gasteiger partial charge is 0.489 e. The molecule has 2 aromatic rings. The van der Waals surface area contributed by atoms with Gasteiger partial charge in [-0.05, 0) is 24.3 Å². The smallest absolute Gasteiger partial charge is 0.191 e. The van der Waals surface area contributed by atoms with Gasteiger partial charge in [0.05, 0.1) is 18.8 Å². The van der Waals surface area contributed by atoms with Gasteiger partial charge in [0, 0.05) is 36.1 Å². The van der Waals surface area contributed by atoms with Gasteiger partial charge in [-0.1, -0.05) is 6.07 Å². The molecule has 0 unspecified atom stereocenters. The summed E-state index contributed by atoms with van der Waals surface area (Å²) in [5, 5.41) is 12.3. The average molecular weight is 350 g/mol. The van der Waals surface area contributed by atoms with Crippen molar-refractivity contribution >= 4 is 17.3 Å². The van der Waals surface area contributed by atoms with Crippen molar-refractivity contribution < 1.29 is 14.6 Å². The number of ether oxygens (including phenoxy) is 1. The maximum atomic E-state index is 12.6. The molecule has 0 aliphatic carbocycles. The molecule has 132 valence electrons. The zero-order valence-electron chi connectivity index (χ0n) is 14.1. The van der Waals surface area contributed by atoms with Crippen LogP contribution in [-0.2, 0) is 0 Å². The normalized spacial score (nSPS) is 16.6. The molecule has 0 spiro atoms. The topological polar surface area (TPSA) is 87.0 Å². The number of ketones is 1. The standard InChI is InChI=1S/C19H18N4O3/c24-9-10-26-16-5-1-4-14-18(16)22-17(23-8-7-21-19(14)23)11-15(25)13-3-2-6-20-12-13/h1-6,11-12,22,24H,7-10H2/b17-11+. The molecule has 3 heterocycles. The molecule has 0 fully saturated rings. The molecule has 0 saturated carbocycles. The number of fused-ring (bicyclic) bond motifs is 3. The van der Waals surface area contributed by atoms with Gasteiger partial charge >= 0.3 is 0 Å².